The molecule has 2 N–H and O–H groups in total. The van der Waals surface area contributed by atoms with Crippen molar-refractivity contribution in [2.24, 2.45) is 0 Å². The zero-order valence-corrected chi connectivity index (χ0v) is 15.6. The largest absolute Gasteiger partial charge is 1.00 e. The first-order chi connectivity index (χ1) is 11.0. The molecule has 1 heterocycles. The van der Waals surface area contributed by atoms with Gasteiger partial charge in [0.1, 0.15) is 6.04 Å². The molecule has 130 valence electrons. The fraction of sp³-hybridized carbons (Fsp3) is 0.400. The third-order valence-electron chi connectivity index (χ3n) is 4.64. The zero-order valence-electron chi connectivity index (χ0n) is 14.8. The third kappa shape index (κ3) is 3.85. The SMILES string of the molecule is COc1cc2c(cc1OC)C(Cc1ccccc1)[NH2+]C(C)(C)C2.[Cl-]. The number of nitrogens with two attached hydrogens (primary N) is 1. The van der Waals surface area contributed by atoms with Gasteiger partial charge in [0.05, 0.1) is 19.8 Å². The number of halogens is 1. The van der Waals surface area contributed by atoms with E-state index in [2.05, 4.69) is 61.6 Å². The van der Waals surface area contributed by atoms with E-state index in [4.69, 9.17) is 9.47 Å². The molecular weight excluding hydrogens is 322 g/mol. The molecular formula is C20H26ClNO2. The monoisotopic (exact) mass is 347 g/mol. The summed E-state index contributed by atoms with van der Waals surface area (Å²) in [4.78, 5) is 0. The van der Waals surface area contributed by atoms with Gasteiger partial charge in [-0.2, -0.15) is 0 Å². The first-order valence-electron chi connectivity index (χ1n) is 8.17. The smallest absolute Gasteiger partial charge is 0.161 e. The highest BCUT2D eigenvalue weighted by Gasteiger charge is 2.36. The van der Waals surface area contributed by atoms with Crippen LogP contribution in [0.15, 0.2) is 42.5 Å². The summed E-state index contributed by atoms with van der Waals surface area (Å²) in [6, 6.07) is 15.4. The number of benzene rings is 2. The molecule has 1 aliphatic heterocycles. The van der Waals surface area contributed by atoms with Crippen LogP contribution < -0.4 is 27.2 Å². The van der Waals surface area contributed by atoms with E-state index in [0.717, 1.165) is 24.3 Å². The minimum atomic E-state index is 0. The molecule has 0 saturated heterocycles. The van der Waals surface area contributed by atoms with Crippen LogP contribution in [0.2, 0.25) is 0 Å². The molecule has 0 amide bonds. The highest BCUT2D eigenvalue weighted by molar-refractivity contribution is 5.49. The van der Waals surface area contributed by atoms with Crippen LogP contribution in [0.4, 0.5) is 0 Å². The summed E-state index contributed by atoms with van der Waals surface area (Å²) in [7, 11) is 3.40. The Balaban J connectivity index is 0.00000208. The Bertz CT molecular complexity index is 686. The van der Waals surface area contributed by atoms with Gasteiger partial charge >= 0.3 is 0 Å². The Kier molecular flexibility index (Phi) is 5.79. The van der Waals surface area contributed by atoms with Gasteiger partial charge in [0, 0.05) is 18.4 Å². The Labute approximate surface area is 150 Å². The molecule has 3 rings (SSSR count). The Hall–Kier alpha value is -1.71. The van der Waals surface area contributed by atoms with Gasteiger partial charge < -0.3 is 27.2 Å². The molecule has 1 atom stereocenters. The fourth-order valence-corrected chi connectivity index (χ4v) is 3.66. The Morgan fingerprint density at radius 2 is 1.67 bits per heavy atom. The van der Waals surface area contributed by atoms with Crippen molar-refractivity contribution in [3.8, 4) is 11.5 Å². The number of quaternary nitrogens is 1. The molecule has 0 fully saturated rings. The highest BCUT2D eigenvalue weighted by atomic mass is 35.5. The third-order valence-corrected chi connectivity index (χ3v) is 4.64. The average Bonchev–Trinajstić information content (AvgIpc) is 2.53. The van der Waals surface area contributed by atoms with E-state index in [1.807, 2.05) is 0 Å². The lowest BCUT2D eigenvalue weighted by Crippen LogP contribution is -3.00. The molecule has 24 heavy (non-hydrogen) atoms. The molecule has 0 bridgehead atoms. The molecule has 0 saturated carbocycles. The van der Waals surface area contributed by atoms with Crippen LogP contribution in [-0.4, -0.2) is 19.8 Å². The molecule has 0 aliphatic carbocycles. The van der Waals surface area contributed by atoms with Gasteiger partial charge in [-0.3, -0.25) is 0 Å². The number of hydrogen-bond donors (Lipinski definition) is 1. The minimum Gasteiger partial charge on any atom is -1.00 e. The van der Waals surface area contributed by atoms with Crippen LogP contribution in [0.3, 0.4) is 0 Å². The van der Waals surface area contributed by atoms with Gasteiger partial charge in [0.15, 0.2) is 11.5 Å². The topological polar surface area (TPSA) is 35.1 Å². The Morgan fingerprint density at radius 3 is 2.29 bits per heavy atom. The van der Waals surface area contributed by atoms with E-state index in [-0.39, 0.29) is 17.9 Å². The summed E-state index contributed by atoms with van der Waals surface area (Å²) < 4.78 is 11.0. The predicted octanol–water partition coefficient (Wildman–Crippen LogP) is -0.110. The summed E-state index contributed by atoms with van der Waals surface area (Å²) in [6.45, 7) is 4.62. The Morgan fingerprint density at radius 1 is 1.04 bits per heavy atom. The molecule has 2 aromatic carbocycles. The van der Waals surface area contributed by atoms with Crippen molar-refractivity contribution in [2.45, 2.75) is 38.3 Å². The molecule has 1 aliphatic rings. The molecule has 0 aromatic heterocycles. The summed E-state index contributed by atoms with van der Waals surface area (Å²) >= 11 is 0. The number of methoxy groups -OCH3 is 2. The van der Waals surface area contributed by atoms with E-state index in [1.165, 1.54) is 16.7 Å². The number of fused-ring (bicyclic) bond motifs is 1. The van der Waals surface area contributed by atoms with Gasteiger partial charge in [0.2, 0.25) is 0 Å². The summed E-state index contributed by atoms with van der Waals surface area (Å²) in [5.41, 5.74) is 4.29. The lowest BCUT2D eigenvalue weighted by Gasteiger charge is -2.36. The van der Waals surface area contributed by atoms with Crippen molar-refractivity contribution in [3.05, 3.63) is 59.2 Å². The fourth-order valence-electron chi connectivity index (χ4n) is 3.66. The molecule has 0 radical (unpaired) electrons. The second-order valence-electron chi connectivity index (χ2n) is 7.03. The molecule has 0 spiro atoms. The lowest BCUT2D eigenvalue weighted by atomic mass is 9.81. The van der Waals surface area contributed by atoms with Crippen molar-refractivity contribution >= 4 is 0 Å². The second kappa shape index (κ2) is 7.45. The maximum atomic E-state index is 5.51. The number of rotatable bonds is 4. The standard InChI is InChI=1S/C20H25NO2.ClH/c1-20(2)13-15-11-18(22-3)19(23-4)12-16(15)17(21-20)10-14-8-6-5-7-9-14;/h5-9,11-12,17,21H,10,13H2,1-4H3;1H. The van der Waals surface area contributed by atoms with Crippen LogP contribution >= 0.6 is 0 Å². The minimum absolute atomic E-state index is 0. The highest BCUT2D eigenvalue weighted by Crippen LogP contribution is 2.36. The number of hydrogen-bond acceptors (Lipinski definition) is 2. The normalized spacial score (nSPS) is 18.2. The van der Waals surface area contributed by atoms with Gasteiger partial charge in [0.25, 0.3) is 0 Å². The van der Waals surface area contributed by atoms with Crippen molar-refractivity contribution in [3.63, 3.8) is 0 Å². The van der Waals surface area contributed by atoms with E-state index < -0.39 is 0 Å². The van der Waals surface area contributed by atoms with Crippen molar-refractivity contribution < 1.29 is 27.2 Å². The maximum absolute atomic E-state index is 5.51. The number of ether oxygens (including phenoxy) is 2. The lowest BCUT2D eigenvalue weighted by molar-refractivity contribution is -0.760. The van der Waals surface area contributed by atoms with Crippen LogP contribution in [0.25, 0.3) is 0 Å². The van der Waals surface area contributed by atoms with E-state index in [9.17, 15) is 0 Å². The zero-order chi connectivity index (χ0) is 16.4. The predicted molar refractivity (Wildman–Crippen MR) is 92.1 cm³/mol. The maximum Gasteiger partial charge on any atom is 0.161 e. The molecule has 1 unspecified atom stereocenters. The van der Waals surface area contributed by atoms with Crippen molar-refractivity contribution in [1.82, 2.24) is 0 Å². The summed E-state index contributed by atoms with van der Waals surface area (Å²) in [6.07, 6.45) is 2.06. The van der Waals surface area contributed by atoms with Gasteiger partial charge in [-0.1, -0.05) is 30.3 Å². The quantitative estimate of drug-likeness (QED) is 0.837. The first-order valence-corrected chi connectivity index (χ1v) is 8.17. The van der Waals surface area contributed by atoms with Crippen molar-refractivity contribution in [1.29, 1.82) is 0 Å². The summed E-state index contributed by atoms with van der Waals surface area (Å²) in [5, 5.41) is 2.49. The molecule has 3 nitrogen and oxygen atoms in total. The van der Waals surface area contributed by atoms with Crippen molar-refractivity contribution in [2.75, 3.05) is 14.2 Å². The van der Waals surface area contributed by atoms with Crippen LogP contribution in [-0.2, 0) is 12.8 Å². The van der Waals surface area contributed by atoms with Crippen LogP contribution in [0, 0.1) is 0 Å². The average molecular weight is 348 g/mol. The van der Waals surface area contributed by atoms with E-state index in [0.29, 0.717) is 6.04 Å². The van der Waals surface area contributed by atoms with Gasteiger partial charge in [-0.05, 0) is 37.1 Å². The van der Waals surface area contributed by atoms with E-state index in [1.54, 1.807) is 14.2 Å². The first kappa shape index (κ1) is 18.6. The van der Waals surface area contributed by atoms with Crippen LogP contribution in [0.5, 0.6) is 11.5 Å². The van der Waals surface area contributed by atoms with Gasteiger partial charge in [-0.25, -0.2) is 0 Å². The van der Waals surface area contributed by atoms with Crippen LogP contribution in [0.1, 0.15) is 36.6 Å². The summed E-state index contributed by atoms with van der Waals surface area (Å²) in [5.74, 6) is 1.64. The van der Waals surface area contributed by atoms with Gasteiger partial charge in [-0.15, -0.1) is 0 Å². The molecule has 4 heteroatoms. The molecule has 2 aromatic rings. The second-order valence-corrected chi connectivity index (χ2v) is 7.03. The van der Waals surface area contributed by atoms with E-state index >= 15 is 0 Å².